The van der Waals surface area contributed by atoms with Crippen molar-refractivity contribution in [1.29, 1.82) is 0 Å². The van der Waals surface area contributed by atoms with Gasteiger partial charge >= 0.3 is 6.18 Å². The molecule has 8 heteroatoms. The molecule has 0 saturated carbocycles. The summed E-state index contributed by atoms with van der Waals surface area (Å²) in [5.41, 5.74) is 1.11. The van der Waals surface area contributed by atoms with Crippen molar-refractivity contribution >= 4 is 35.0 Å². The fourth-order valence-electron chi connectivity index (χ4n) is 3.75. The van der Waals surface area contributed by atoms with Gasteiger partial charge in [0.1, 0.15) is 5.37 Å². The Hall–Kier alpha value is -2.48. The van der Waals surface area contributed by atoms with Gasteiger partial charge in [0, 0.05) is 17.3 Å². The quantitative estimate of drug-likeness (QED) is 0.476. The fraction of sp³-hybridized carbons (Fsp3) is 0.417. The van der Waals surface area contributed by atoms with Crippen LogP contribution < -0.4 is 10.2 Å². The zero-order valence-corrected chi connectivity index (χ0v) is 18.9. The van der Waals surface area contributed by atoms with Gasteiger partial charge in [-0.2, -0.15) is 13.2 Å². The number of unbranched alkanes of at least 4 members (excludes halogenated alkanes) is 1. The van der Waals surface area contributed by atoms with Crippen molar-refractivity contribution in [3.8, 4) is 0 Å². The Morgan fingerprint density at radius 2 is 1.91 bits per heavy atom. The van der Waals surface area contributed by atoms with Crippen molar-refractivity contribution in [2.75, 3.05) is 16.0 Å². The lowest BCUT2D eigenvalue weighted by molar-refractivity contribution is -0.137. The number of hydrogen-bond acceptors (Lipinski definition) is 3. The summed E-state index contributed by atoms with van der Waals surface area (Å²) in [7, 11) is 0. The minimum absolute atomic E-state index is 0.0205. The number of thioether (sulfide) groups is 1. The van der Waals surface area contributed by atoms with E-state index in [-0.39, 0.29) is 28.9 Å². The molecule has 32 heavy (non-hydrogen) atoms. The van der Waals surface area contributed by atoms with Gasteiger partial charge in [-0.25, -0.2) is 0 Å². The van der Waals surface area contributed by atoms with Crippen LogP contribution in [-0.4, -0.2) is 17.6 Å². The van der Waals surface area contributed by atoms with Crippen LogP contribution in [0.25, 0.3) is 0 Å². The van der Waals surface area contributed by atoms with E-state index in [4.69, 9.17) is 0 Å². The van der Waals surface area contributed by atoms with E-state index in [1.54, 1.807) is 6.07 Å². The molecule has 4 nitrogen and oxygen atoms in total. The summed E-state index contributed by atoms with van der Waals surface area (Å²) < 4.78 is 38.7. The van der Waals surface area contributed by atoms with Crippen LogP contribution in [0.3, 0.4) is 0 Å². The number of carbonyl (C=O) groups excluding carboxylic acids is 2. The topological polar surface area (TPSA) is 49.4 Å². The third-order valence-electron chi connectivity index (χ3n) is 5.55. The predicted molar refractivity (Wildman–Crippen MR) is 123 cm³/mol. The van der Waals surface area contributed by atoms with Crippen LogP contribution in [0.15, 0.2) is 48.5 Å². The number of hydrogen-bond donors (Lipinski definition) is 1. The van der Waals surface area contributed by atoms with E-state index < -0.39 is 11.7 Å². The van der Waals surface area contributed by atoms with Crippen LogP contribution in [0.1, 0.15) is 56.0 Å². The van der Waals surface area contributed by atoms with Gasteiger partial charge in [0.15, 0.2) is 0 Å². The molecule has 3 rings (SSSR count). The van der Waals surface area contributed by atoms with E-state index in [1.807, 2.05) is 25.1 Å². The molecule has 2 amide bonds. The number of anilines is 2. The maximum absolute atomic E-state index is 12.9. The minimum Gasteiger partial charge on any atom is -0.326 e. The second kappa shape index (κ2) is 10.4. The number of halogens is 3. The predicted octanol–water partition coefficient (Wildman–Crippen LogP) is 6.64. The van der Waals surface area contributed by atoms with Crippen LogP contribution in [0.4, 0.5) is 24.5 Å². The van der Waals surface area contributed by atoms with Gasteiger partial charge in [0.2, 0.25) is 11.8 Å². The van der Waals surface area contributed by atoms with Crippen LogP contribution >= 0.6 is 11.8 Å². The molecule has 0 bridgehead atoms. The first-order chi connectivity index (χ1) is 15.2. The van der Waals surface area contributed by atoms with Gasteiger partial charge in [-0.1, -0.05) is 38.8 Å². The monoisotopic (exact) mass is 464 g/mol. The molecule has 1 N–H and O–H groups in total. The molecule has 2 atom stereocenters. The number of nitrogens with one attached hydrogen (secondary N) is 1. The molecule has 2 aromatic rings. The van der Waals surface area contributed by atoms with Crippen molar-refractivity contribution in [1.82, 2.24) is 0 Å². The molecule has 2 aromatic carbocycles. The SMILES string of the molecule is CCCCC(CC)C(=O)Nc1cccc(C2SCC(=O)N2c2ccc(C(F)(F)F)cc2)c1. The first kappa shape index (κ1) is 24.2. The second-order valence-electron chi connectivity index (χ2n) is 7.83. The summed E-state index contributed by atoms with van der Waals surface area (Å²) in [6.07, 6.45) is -0.796. The molecule has 1 saturated heterocycles. The molecule has 0 aromatic heterocycles. The lowest BCUT2D eigenvalue weighted by Crippen LogP contribution is -2.28. The molecule has 1 fully saturated rings. The molecule has 1 aliphatic heterocycles. The van der Waals surface area contributed by atoms with E-state index in [0.717, 1.165) is 43.4 Å². The third kappa shape index (κ3) is 5.65. The number of alkyl halides is 3. The Balaban J connectivity index is 1.79. The third-order valence-corrected chi connectivity index (χ3v) is 6.76. The Kier molecular flexibility index (Phi) is 7.87. The lowest BCUT2D eigenvalue weighted by atomic mass is 9.98. The Morgan fingerprint density at radius 3 is 2.53 bits per heavy atom. The largest absolute Gasteiger partial charge is 0.416 e. The van der Waals surface area contributed by atoms with Crippen LogP contribution in [-0.2, 0) is 15.8 Å². The first-order valence-corrected chi connectivity index (χ1v) is 11.8. The minimum atomic E-state index is -4.43. The number of amides is 2. The average Bonchev–Trinajstić information content (AvgIpc) is 3.15. The maximum atomic E-state index is 12.9. The van der Waals surface area contributed by atoms with Gasteiger partial charge in [-0.05, 0) is 54.8 Å². The van der Waals surface area contributed by atoms with Crippen LogP contribution in [0.5, 0.6) is 0 Å². The summed E-state index contributed by atoms with van der Waals surface area (Å²) in [5.74, 6) is -0.00524. The molecular formula is C24H27F3N2O2S. The molecule has 2 unspecified atom stereocenters. The molecular weight excluding hydrogens is 437 g/mol. The zero-order chi connectivity index (χ0) is 23.3. The molecule has 0 spiro atoms. The summed E-state index contributed by atoms with van der Waals surface area (Å²) >= 11 is 1.41. The molecule has 0 aliphatic carbocycles. The van der Waals surface area contributed by atoms with Gasteiger partial charge in [-0.15, -0.1) is 11.8 Å². The van der Waals surface area contributed by atoms with Gasteiger partial charge in [-0.3, -0.25) is 14.5 Å². The summed E-state index contributed by atoms with van der Waals surface area (Å²) in [6.45, 7) is 4.09. The molecule has 1 aliphatic rings. The fourth-order valence-corrected chi connectivity index (χ4v) is 4.91. The van der Waals surface area contributed by atoms with Gasteiger partial charge < -0.3 is 5.32 Å². The normalized spacial score (nSPS) is 17.5. The van der Waals surface area contributed by atoms with E-state index in [9.17, 15) is 22.8 Å². The van der Waals surface area contributed by atoms with Crippen LogP contribution in [0, 0.1) is 5.92 Å². The average molecular weight is 465 g/mol. The Labute approximate surface area is 190 Å². The summed E-state index contributed by atoms with van der Waals surface area (Å²) in [5, 5.41) is 2.60. The Bertz CT molecular complexity index is 947. The molecule has 172 valence electrons. The lowest BCUT2D eigenvalue weighted by Gasteiger charge is -2.25. The van der Waals surface area contributed by atoms with Crippen molar-refractivity contribution < 1.29 is 22.8 Å². The number of carbonyl (C=O) groups is 2. The second-order valence-corrected chi connectivity index (χ2v) is 8.90. The van der Waals surface area contributed by atoms with E-state index in [1.165, 1.54) is 28.8 Å². The number of rotatable bonds is 8. The Morgan fingerprint density at radius 1 is 1.19 bits per heavy atom. The molecule has 1 heterocycles. The highest BCUT2D eigenvalue weighted by atomic mass is 32.2. The van der Waals surface area contributed by atoms with E-state index >= 15 is 0 Å². The van der Waals surface area contributed by atoms with Crippen molar-refractivity contribution in [2.24, 2.45) is 5.92 Å². The van der Waals surface area contributed by atoms with Crippen molar-refractivity contribution in [2.45, 2.75) is 51.1 Å². The van der Waals surface area contributed by atoms with Crippen LogP contribution in [0.2, 0.25) is 0 Å². The van der Waals surface area contributed by atoms with Crippen molar-refractivity contribution in [3.05, 3.63) is 59.7 Å². The smallest absolute Gasteiger partial charge is 0.326 e. The van der Waals surface area contributed by atoms with Gasteiger partial charge in [0.25, 0.3) is 0 Å². The highest BCUT2D eigenvalue weighted by Gasteiger charge is 2.35. The van der Waals surface area contributed by atoms with E-state index in [2.05, 4.69) is 12.2 Å². The highest BCUT2D eigenvalue weighted by molar-refractivity contribution is 8.00. The summed E-state index contributed by atoms with van der Waals surface area (Å²) in [6, 6.07) is 11.9. The molecule has 0 radical (unpaired) electrons. The number of benzene rings is 2. The highest BCUT2D eigenvalue weighted by Crippen LogP contribution is 2.43. The van der Waals surface area contributed by atoms with E-state index in [0.29, 0.717) is 11.4 Å². The zero-order valence-electron chi connectivity index (χ0n) is 18.1. The first-order valence-electron chi connectivity index (χ1n) is 10.8. The van der Waals surface area contributed by atoms with Gasteiger partial charge in [0.05, 0.1) is 11.3 Å². The number of nitrogens with zero attached hydrogens (tertiary/aromatic N) is 1. The summed E-state index contributed by atoms with van der Waals surface area (Å²) in [4.78, 5) is 26.7. The standard InChI is InChI=1S/C24H27F3N2O2S/c1-3-5-7-16(4-2)22(31)28-19-9-6-8-17(14-19)23-29(21(30)15-32-23)20-12-10-18(11-13-20)24(25,26)27/h6,8-14,16,23H,3-5,7,15H2,1-2H3,(H,28,31). The maximum Gasteiger partial charge on any atom is 0.416 e. The van der Waals surface area contributed by atoms with Crippen molar-refractivity contribution in [3.63, 3.8) is 0 Å².